The van der Waals surface area contributed by atoms with E-state index in [0.717, 1.165) is 36.2 Å². The van der Waals surface area contributed by atoms with Gasteiger partial charge in [-0.3, -0.25) is 0 Å². The van der Waals surface area contributed by atoms with Crippen LogP contribution in [0.4, 0.5) is 10.6 Å². The number of nitrogens with zero attached hydrogens (tertiary/aromatic N) is 3. The minimum Gasteiger partial charge on any atom is -0.444 e. The van der Waals surface area contributed by atoms with Gasteiger partial charge in [0.1, 0.15) is 23.4 Å². The lowest BCUT2D eigenvalue weighted by Gasteiger charge is -2.34. The number of anilines is 1. The van der Waals surface area contributed by atoms with Gasteiger partial charge in [-0.25, -0.2) is 14.8 Å². The number of amides is 1. The molecule has 0 radical (unpaired) electrons. The molecule has 1 saturated carbocycles. The third-order valence-corrected chi connectivity index (χ3v) is 5.53. The summed E-state index contributed by atoms with van der Waals surface area (Å²) in [6.07, 6.45) is 7.77. The molecular weight excluding hydrogens is 342 g/mol. The third-order valence-electron chi connectivity index (χ3n) is 5.53. The second kappa shape index (κ2) is 6.39. The summed E-state index contributed by atoms with van der Waals surface area (Å²) in [5.41, 5.74) is 1.92. The van der Waals surface area contributed by atoms with Crippen LogP contribution in [0.15, 0.2) is 12.5 Å². The molecule has 146 valence electrons. The highest BCUT2D eigenvalue weighted by atomic mass is 16.6. The zero-order chi connectivity index (χ0) is 19.2. The zero-order valence-electron chi connectivity index (χ0n) is 16.6. The smallest absolute Gasteiger partial charge is 0.410 e. The standard InChI is InChI=1S/C20H29N5O2/c1-19(2,3)27-18(26)25-9-5-6-13(11-25)24-17-15-14(20(4)7-8-20)10-21-16(15)22-12-23-17/h10,12-13H,5-9,11H2,1-4H3,(H2,21,22,23,24)/t13-/m1/s1. The van der Waals surface area contributed by atoms with E-state index in [9.17, 15) is 4.79 Å². The lowest BCUT2D eigenvalue weighted by atomic mass is 9.98. The van der Waals surface area contributed by atoms with Gasteiger partial charge in [-0.1, -0.05) is 6.92 Å². The summed E-state index contributed by atoms with van der Waals surface area (Å²) in [5, 5.41) is 4.67. The van der Waals surface area contributed by atoms with Gasteiger partial charge in [0.15, 0.2) is 0 Å². The highest BCUT2D eigenvalue weighted by Gasteiger charge is 2.41. The second-order valence-electron chi connectivity index (χ2n) is 9.12. The molecule has 7 heteroatoms. The molecule has 0 unspecified atom stereocenters. The maximum Gasteiger partial charge on any atom is 0.410 e. The van der Waals surface area contributed by atoms with Crippen molar-refractivity contribution in [1.82, 2.24) is 19.9 Å². The zero-order valence-corrected chi connectivity index (χ0v) is 16.6. The molecule has 0 spiro atoms. The van der Waals surface area contributed by atoms with Crippen LogP contribution in [0.1, 0.15) is 58.9 Å². The molecule has 0 aromatic carbocycles. The molecule has 4 rings (SSSR count). The maximum absolute atomic E-state index is 12.4. The van der Waals surface area contributed by atoms with E-state index < -0.39 is 5.60 Å². The van der Waals surface area contributed by atoms with Crippen molar-refractivity contribution in [3.8, 4) is 0 Å². The van der Waals surface area contributed by atoms with E-state index in [-0.39, 0.29) is 17.6 Å². The molecule has 3 heterocycles. The first-order valence-electron chi connectivity index (χ1n) is 9.82. The first-order valence-corrected chi connectivity index (χ1v) is 9.82. The fourth-order valence-corrected chi connectivity index (χ4v) is 3.79. The molecular formula is C20H29N5O2. The van der Waals surface area contributed by atoms with Crippen LogP contribution in [0.2, 0.25) is 0 Å². The summed E-state index contributed by atoms with van der Waals surface area (Å²) in [6.45, 7) is 9.34. The average molecular weight is 371 g/mol. The Bertz CT molecular complexity index is 850. The second-order valence-corrected chi connectivity index (χ2v) is 9.12. The molecule has 1 aliphatic carbocycles. The van der Waals surface area contributed by atoms with E-state index in [1.165, 1.54) is 18.4 Å². The normalized spacial score (nSPS) is 21.9. The van der Waals surface area contributed by atoms with Crippen LogP contribution in [-0.4, -0.2) is 50.7 Å². The number of carbonyl (C=O) groups is 1. The highest BCUT2D eigenvalue weighted by molar-refractivity contribution is 5.91. The summed E-state index contributed by atoms with van der Waals surface area (Å²) >= 11 is 0. The molecule has 2 N–H and O–H groups in total. The molecule has 2 aromatic rings. The van der Waals surface area contributed by atoms with E-state index in [2.05, 4.69) is 33.4 Å². The first kappa shape index (κ1) is 18.1. The summed E-state index contributed by atoms with van der Waals surface area (Å²) in [4.78, 5) is 26.4. The Labute approximate surface area is 159 Å². The number of aromatic amines is 1. The first-order chi connectivity index (χ1) is 12.8. The minimum atomic E-state index is -0.476. The lowest BCUT2D eigenvalue weighted by Crippen LogP contribution is -2.47. The fourth-order valence-electron chi connectivity index (χ4n) is 3.79. The summed E-state index contributed by atoms with van der Waals surface area (Å²) in [7, 11) is 0. The number of likely N-dealkylation sites (tertiary alicyclic amines) is 1. The van der Waals surface area contributed by atoms with Gasteiger partial charge >= 0.3 is 6.09 Å². The van der Waals surface area contributed by atoms with E-state index >= 15 is 0 Å². The van der Waals surface area contributed by atoms with E-state index in [0.29, 0.717) is 6.54 Å². The van der Waals surface area contributed by atoms with Crippen molar-refractivity contribution in [3.05, 3.63) is 18.1 Å². The van der Waals surface area contributed by atoms with Gasteiger partial charge in [0.25, 0.3) is 0 Å². The van der Waals surface area contributed by atoms with Crippen LogP contribution in [0.25, 0.3) is 11.0 Å². The molecule has 2 aliphatic rings. The Kier molecular flexibility index (Phi) is 4.28. The Balaban J connectivity index is 1.52. The van der Waals surface area contributed by atoms with Gasteiger partial charge in [-0.2, -0.15) is 0 Å². The van der Waals surface area contributed by atoms with Crippen molar-refractivity contribution in [1.29, 1.82) is 0 Å². The SMILES string of the molecule is CC(C)(C)OC(=O)N1CCC[C@@H](Nc2ncnc3[nH]cc(C4(C)CC4)c23)C1. The van der Waals surface area contributed by atoms with Crippen molar-refractivity contribution in [2.45, 2.75) is 70.4 Å². The Morgan fingerprint density at radius 1 is 1.37 bits per heavy atom. The highest BCUT2D eigenvalue weighted by Crippen LogP contribution is 2.50. The van der Waals surface area contributed by atoms with E-state index in [1.54, 1.807) is 11.2 Å². The number of H-pyrrole nitrogens is 1. The van der Waals surface area contributed by atoms with Gasteiger partial charge in [0.05, 0.1) is 5.39 Å². The molecule has 0 bridgehead atoms. The van der Waals surface area contributed by atoms with Crippen LogP contribution in [0.3, 0.4) is 0 Å². The minimum absolute atomic E-state index is 0.152. The topological polar surface area (TPSA) is 83.1 Å². The lowest BCUT2D eigenvalue weighted by molar-refractivity contribution is 0.0206. The number of rotatable bonds is 3. The summed E-state index contributed by atoms with van der Waals surface area (Å²) < 4.78 is 5.53. The van der Waals surface area contributed by atoms with Crippen molar-refractivity contribution < 1.29 is 9.53 Å². The molecule has 2 fully saturated rings. The molecule has 1 atom stereocenters. The van der Waals surface area contributed by atoms with Crippen molar-refractivity contribution in [2.75, 3.05) is 18.4 Å². The molecule has 2 aromatic heterocycles. The number of carbonyl (C=O) groups excluding carboxylic acids is 1. The number of fused-ring (bicyclic) bond motifs is 1. The van der Waals surface area contributed by atoms with Crippen LogP contribution in [0.5, 0.6) is 0 Å². The van der Waals surface area contributed by atoms with E-state index in [4.69, 9.17) is 4.74 Å². The van der Waals surface area contributed by atoms with Crippen molar-refractivity contribution in [2.24, 2.45) is 0 Å². The van der Waals surface area contributed by atoms with Gasteiger partial charge in [0, 0.05) is 25.3 Å². The van der Waals surface area contributed by atoms with Gasteiger partial charge in [0.2, 0.25) is 0 Å². The van der Waals surface area contributed by atoms with Gasteiger partial charge in [-0.15, -0.1) is 0 Å². The molecule has 1 saturated heterocycles. The van der Waals surface area contributed by atoms with Gasteiger partial charge in [-0.05, 0) is 57.4 Å². The number of aromatic nitrogens is 3. The van der Waals surface area contributed by atoms with Crippen LogP contribution in [-0.2, 0) is 10.2 Å². The molecule has 1 aliphatic heterocycles. The largest absolute Gasteiger partial charge is 0.444 e. The van der Waals surface area contributed by atoms with Crippen molar-refractivity contribution >= 4 is 22.9 Å². The number of ether oxygens (including phenoxy) is 1. The Morgan fingerprint density at radius 3 is 2.85 bits per heavy atom. The van der Waals surface area contributed by atoms with E-state index in [1.807, 2.05) is 20.8 Å². The molecule has 7 nitrogen and oxygen atoms in total. The number of piperidine rings is 1. The number of hydrogen-bond acceptors (Lipinski definition) is 5. The van der Waals surface area contributed by atoms with Crippen LogP contribution in [0, 0.1) is 0 Å². The number of nitrogens with one attached hydrogen (secondary N) is 2. The summed E-state index contributed by atoms with van der Waals surface area (Å²) in [6, 6.07) is 0.152. The van der Waals surface area contributed by atoms with Gasteiger partial charge < -0.3 is 19.9 Å². The van der Waals surface area contributed by atoms with Crippen molar-refractivity contribution in [3.63, 3.8) is 0 Å². The van der Waals surface area contributed by atoms with Crippen LogP contribution >= 0.6 is 0 Å². The molecule has 1 amide bonds. The summed E-state index contributed by atoms with van der Waals surface area (Å²) in [5.74, 6) is 0.861. The maximum atomic E-state index is 12.4. The predicted octanol–water partition coefficient (Wildman–Crippen LogP) is 3.82. The number of hydrogen-bond donors (Lipinski definition) is 2. The Morgan fingerprint density at radius 2 is 2.15 bits per heavy atom. The predicted molar refractivity (Wildman–Crippen MR) is 105 cm³/mol. The molecule has 27 heavy (non-hydrogen) atoms. The third kappa shape index (κ3) is 3.73. The Hall–Kier alpha value is -2.31. The quantitative estimate of drug-likeness (QED) is 0.857. The average Bonchev–Trinajstić information content (AvgIpc) is 3.18. The monoisotopic (exact) mass is 371 g/mol. The fraction of sp³-hybridized carbons (Fsp3) is 0.650. The van der Waals surface area contributed by atoms with Crippen LogP contribution < -0.4 is 5.32 Å².